The smallest absolute Gasteiger partial charge is 0.191 e. The van der Waals surface area contributed by atoms with Crippen molar-refractivity contribution in [3.05, 3.63) is 12.7 Å². The molecule has 0 saturated heterocycles. The molecule has 0 aromatic carbocycles. The summed E-state index contributed by atoms with van der Waals surface area (Å²) in [6.07, 6.45) is 3.21. The van der Waals surface area contributed by atoms with Crippen LogP contribution in [0, 0.1) is 11.8 Å². The minimum Gasteiger partial charge on any atom is -0.417 e. The van der Waals surface area contributed by atoms with Gasteiger partial charge in [0.05, 0.1) is 0 Å². The number of allylic oxidation sites excluding steroid dienone is 1. The molecule has 0 amide bonds. The third-order valence-corrected chi connectivity index (χ3v) is 8.21. The summed E-state index contributed by atoms with van der Waals surface area (Å²) >= 11 is 0. The Morgan fingerprint density at radius 3 is 2.12 bits per heavy atom. The van der Waals surface area contributed by atoms with Gasteiger partial charge in [0, 0.05) is 6.61 Å². The summed E-state index contributed by atoms with van der Waals surface area (Å²) in [4.78, 5) is 0. The monoisotopic (exact) mass is 242 g/mol. The fraction of sp³-hybridized carbons (Fsp3) is 0.857. The first-order valence-electron chi connectivity index (χ1n) is 6.36. The SMILES string of the molecule is C=C[C@@H](C)C[C@@H](C)CO[Si](C)(C)C(C)(C)C. The van der Waals surface area contributed by atoms with Crippen LogP contribution in [0.5, 0.6) is 0 Å². The van der Waals surface area contributed by atoms with Crippen molar-refractivity contribution >= 4 is 8.32 Å². The fourth-order valence-corrected chi connectivity index (χ4v) is 2.50. The van der Waals surface area contributed by atoms with E-state index in [-0.39, 0.29) is 0 Å². The molecular weight excluding hydrogens is 212 g/mol. The van der Waals surface area contributed by atoms with Gasteiger partial charge in [-0.2, -0.15) is 0 Å². The Labute approximate surface area is 103 Å². The first-order valence-corrected chi connectivity index (χ1v) is 9.27. The molecule has 0 aliphatic heterocycles. The molecule has 0 spiro atoms. The molecule has 0 aromatic heterocycles. The third kappa shape index (κ3) is 5.31. The highest BCUT2D eigenvalue weighted by Gasteiger charge is 2.37. The van der Waals surface area contributed by atoms with Crippen LogP contribution in [0.4, 0.5) is 0 Å². The zero-order valence-corrected chi connectivity index (χ0v) is 13.3. The standard InChI is InChI=1S/C14H30OSi/c1-9-12(2)10-13(3)11-15-16(7,8)14(4,5)6/h9,12-13H,1,10-11H2,2-8H3/t12-,13-/m1/s1. The van der Waals surface area contributed by atoms with Gasteiger partial charge in [0.1, 0.15) is 0 Å². The lowest BCUT2D eigenvalue weighted by Crippen LogP contribution is -2.41. The summed E-state index contributed by atoms with van der Waals surface area (Å²) in [5, 5.41) is 0.316. The van der Waals surface area contributed by atoms with Crippen molar-refractivity contribution in [2.45, 2.75) is 59.2 Å². The lowest BCUT2D eigenvalue weighted by molar-refractivity contribution is 0.223. The highest BCUT2D eigenvalue weighted by Crippen LogP contribution is 2.36. The van der Waals surface area contributed by atoms with Crippen LogP contribution in [-0.4, -0.2) is 14.9 Å². The average molecular weight is 242 g/mol. The van der Waals surface area contributed by atoms with Crippen LogP contribution < -0.4 is 0 Å². The minimum atomic E-state index is -1.55. The molecule has 0 rings (SSSR count). The van der Waals surface area contributed by atoms with E-state index in [0.29, 0.717) is 16.9 Å². The van der Waals surface area contributed by atoms with Gasteiger partial charge in [-0.3, -0.25) is 0 Å². The van der Waals surface area contributed by atoms with Crippen molar-refractivity contribution in [2.75, 3.05) is 6.61 Å². The largest absolute Gasteiger partial charge is 0.417 e. The van der Waals surface area contributed by atoms with Gasteiger partial charge < -0.3 is 4.43 Å². The number of rotatable bonds is 6. The van der Waals surface area contributed by atoms with E-state index in [1.54, 1.807) is 0 Å². The van der Waals surface area contributed by atoms with Crippen molar-refractivity contribution in [1.82, 2.24) is 0 Å². The van der Waals surface area contributed by atoms with E-state index in [4.69, 9.17) is 4.43 Å². The van der Waals surface area contributed by atoms with Gasteiger partial charge in [0.25, 0.3) is 0 Å². The summed E-state index contributed by atoms with van der Waals surface area (Å²) in [6, 6.07) is 0. The molecule has 2 heteroatoms. The Bertz CT molecular complexity index is 215. The zero-order chi connectivity index (χ0) is 13.0. The molecule has 0 fully saturated rings. The molecule has 0 aromatic rings. The molecule has 0 aliphatic rings. The normalized spacial score (nSPS) is 16.9. The lowest BCUT2D eigenvalue weighted by Gasteiger charge is -2.37. The van der Waals surface area contributed by atoms with Crippen LogP contribution in [-0.2, 0) is 4.43 Å². The van der Waals surface area contributed by atoms with Crippen molar-refractivity contribution in [3.63, 3.8) is 0 Å². The molecule has 0 N–H and O–H groups in total. The predicted octanol–water partition coefficient (Wildman–Crippen LogP) is 4.86. The minimum absolute atomic E-state index is 0.316. The first kappa shape index (κ1) is 15.9. The van der Waals surface area contributed by atoms with Gasteiger partial charge in [-0.05, 0) is 36.4 Å². The molecule has 0 unspecified atom stereocenters. The molecule has 0 aliphatic carbocycles. The van der Waals surface area contributed by atoms with Crippen LogP contribution in [0.1, 0.15) is 41.0 Å². The Morgan fingerprint density at radius 2 is 1.75 bits per heavy atom. The Balaban J connectivity index is 4.10. The van der Waals surface area contributed by atoms with E-state index in [2.05, 4.69) is 54.3 Å². The van der Waals surface area contributed by atoms with Gasteiger partial charge in [-0.25, -0.2) is 0 Å². The van der Waals surface area contributed by atoms with Crippen molar-refractivity contribution < 1.29 is 4.43 Å². The van der Waals surface area contributed by atoms with Crippen LogP contribution in [0.25, 0.3) is 0 Å². The van der Waals surface area contributed by atoms with Gasteiger partial charge in [0.15, 0.2) is 8.32 Å². The molecule has 0 radical (unpaired) electrons. The van der Waals surface area contributed by atoms with Crippen molar-refractivity contribution in [2.24, 2.45) is 11.8 Å². The fourth-order valence-electron chi connectivity index (χ4n) is 1.37. The first-order chi connectivity index (χ1) is 7.10. The van der Waals surface area contributed by atoms with Crippen LogP contribution in [0.15, 0.2) is 12.7 Å². The summed E-state index contributed by atoms with van der Waals surface area (Å²) in [6.45, 7) is 20.7. The second-order valence-electron chi connectivity index (χ2n) is 6.63. The Hall–Kier alpha value is -0.0831. The molecule has 16 heavy (non-hydrogen) atoms. The zero-order valence-electron chi connectivity index (χ0n) is 12.3. The molecule has 1 nitrogen and oxygen atoms in total. The van der Waals surface area contributed by atoms with E-state index in [9.17, 15) is 0 Å². The van der Waals surface area contributed by atoms with E-state index in [1.165, 1.54) is 6.42 Å². The summed E-state index contributed by atoms with van der Waals surface area (Å²) < 4.78 is 6.21. The van der Waals surface area contributed by atoms with Gasteiger partial charge in [-0.15, -0.1) is 6.58 Å². The van der Waals surface area contributed by atoms with E-state index < -0.39 is 8.32 Å². The lowest BCUT2D eigenvalue weighted by atomic mass is 9.98. The average Bonchev–Trinajstić information content (AvgIpc) is 2.13. The summed E-state index contributed by atoms with van der Waals surface area (Å²) in [5.74, 6) is 1.22. The quantitative estimate of drug-likeness (QED) is 0.477. The summed E-state index contributed by atoms with van der Waals surface area (Å²) in [5.41, 5.74) is 0. The van der Waals surface area contributed by atoms with E-state index in [0.717, 1.165) is 6.61 Å². The Morgan fingerprint density at radius 1 is 1.25 bits per heavy atom. The topological polar surface area (TPSA) is 9.23 Å². The molecule has 96 valence electrons. The van der Waals surface area contributed by atoms with Gasteiger partial charge in [0.2, 0.25) is 0 Å². The maximum atomic E-state index is 6.21. The number of hydrogen-bond donors (Lipinski definition) is 0. The molecule has 0 bridgehead atoms. The van der Waals surface area contributed by atoms with E-state index in [1.807, 2.05) is 6.08 Å². The van der Waals surface area contributed by atoms with E-state index >= 15 is 0 Å². The predicted molar refractivity (Wildman–Crippen MR) is 76.3 cm³/mol. The summed E-state index contributed by atoms with van der Waals surface area (Å²) in [7, 11) is -1.55. The van der Waals surface area contributed by atoms with Crippen LogP contribution >= 0.6 is 0 Å². The second-order valence-corrected chi connectivity index (χ2v) is 11.4. The van der Waals surface area contributed by atoms with Crippen molar-refractivity contribution in [1.29, 1.82) is 0 Å². The van der Waals surface area contributed by atoms with Gasteiger partial charge >= 0.3 is 0 Å². The maximum Gasteiger partial charge on any atom is 0.191 e. The van der Waals surface area contributed by atoms with Crippen molar-refractivity contribution in [3.8, 4) is 0 Å². The van der Waals surface area contributed by atoms with Crippen LogP contribution in [0.2, 0.25) is 18.1 Å². The highest BCUT2D eigenvalue weighted by molar-refractivity contribution is 6.74. The highest BCUT2D eigenvalue weighted by atomic mass is 28.4. The molecular formula is C14H30OSi. The molecule has 2 atom stereocenters. The van der Waals surface area contributed by atoms with Crippen LogP contribution in [0.3, 0.4) is 0 Å². The molecule has 0 saturated carbocycles. The third-order valence-electron chi connectivity index (χ3n) is 3.71. The van der Waals surface area contributed by atoms with Gasteiger partial charge in [-0.1, -0.05) is 40.7 Å². The number of hydrogen-bond acceptors (Lipinski definition) is 1. The second kappa shape index (κ2) is 6.01. The molecule has 0 heterocycles. The maximum absolute atomic E-state index is 6.21. The Kier molecular flexibility index (Phi) is 5.98.